The van der Waals surface area contributed by atoms with E-state index >= 15 is 0 Å². The minimum absolute atomic E-state index is 0.232. The first-order valence-electron chi connectivity index (χ1n) is 6.37. The number of benzene rings is 1. The van der Waals surface area contributed by atoms with E-state index < -0.39 is 0 Å². The highest BCUT2D eigenvalue weighted by atomic mass is 19.1. The van der Waals surface area contributed by atoms with Gasteiger partial charge in [-0.3, -0.25) is 0 Å². The van der Waals surface area contributed by atoms with Crippen LogP contribution in [0.3, 0.4) is 0 Å². The lowest BCUT2D eigenvalue weighted by Crippen LogP contribution is -2.30. The van der Waals surface area contributed by atoms with Gasteiger partial charge in [0.1, 0.15) is 5.82 Å². The molecule has 0 N–H and O–H groups in total. The summed E-state index contributed by atoms with van der Waals surface area (Å²) < 4.78 is 12.9. The van der Waals surface area contributed by atoms with Gasteiger partial charge < -0.3 is 0 Å². The Morgan fingerprint density at radius 1 is 1.29 bits per heavy atom. The van der Waals surface area contributed by atoms with Crippen molar-refractivity contribution < 1.29 is 4.39 Å². The molecule has 0 atom stereocenters. The lowest BCUT2D eigenvalue weighted by molar-refractivity contribution is 0.273. The maximum absolute atomic E-state index is 12.9. The van der Waals surface area contributed by atoms with Gasteiger partial charge in [0.2, 0.25) is 0 Å². The highest BCUT2D eigenvalue weighted by molar-refractivity contribution is 5.33. The molecule has 0 unspecified atom stereocenters. The van der Waals surface area contributed by atoms with Crippen LogP contribution in [-0.2, 0) is 5.41 Å². The quantitative estimate of drug-likeness (QED) is 0.748. The van der Waals surface area contributed by atoms with Crippen LogP contribution in [0.1, 0.15) is 44.6 Å². The second-order valence-electron chi connectivity index (χ2n) is 5.05. The second-order valence-corrected chi connectivity index (χ2v) is 5.05. The van der Waals surface area contributed by atoms with Gasteiger partial charge in [-0.15, -0.1) is 0 Å². The van der Waals surface area contributed by atoms with E-state index in [1.54, 1.807) is 12.1 Å². The molecule has 0 saturated heterocycles. The fourth-order valence-corrected chi connectivity index (χ4v) is 2.81. The Morgan fingerprint density at radius 3 is 2.35 bits per heavy atom. The highest BCUT2D eigenvalue weighted by Gasteiger charge is 2.36. The van der Waals surface area contributed by atoms with Crippen molar-refractivity contribution >= 4 is 0 Å². The van der Waals surface area contributed by atoms with E-state index in [0.717, 1.165) is 37.2 Å². The summed E-state index contributed by atoms with van der Waals surface area (Å²) in [5.74, 6) is 0.529. The Kier molecular flexibility index (Phi) is 3.47. The van der Waals surface area contributed by atoms with Crippen molar-refractivity contribution in [2.45, 2.75) is 44.4 Å². The lowest BCUT2D eigenvalue weighted by Gasteiger charge is -2.35. The predicted molar refractivity (Wildman–Crippen MR) is 65.9 cm³/mol. The summed E-state index contributed by atoms with van der Waals surface area (Å²) in [4.78, 5) is 0. The first kappa shape index (κ1) is 12.1. The zero-order valence-corrected chi connectivity index (χ0v) is 10.2. The van der Waals surface area contributed by atoms with Gasteiger partial charge in [0.05, 0.1) is 11.5 Å². The summed E-state index contributed by atoms with van der Waals surface area (Å²) in [7, 11) is 0. The van der Waals surface area contributed by atoms with Gasteiger partial charge in [0, 0.05) is 0 Å². The maximum atomic E-state index is 12.9. The number of nitrogens with zero attached hydrogens (tertiary/aromatic N) is 1. The lowest BCUT2D eigenvalue weighted by atomic mass is 9.67. The van der Waals surface area contributed by atoms with Crippen LogP contribution in [-0.4, -0.2) is 0 Å². The molecule has 0 spiro atoms. The summed E-state index contributed by atoms with van der Waals surface area (Å²) in [5.41, 5.74) is 0.607. The molecule has 0 amide bonds. The molecule has 1 aromatic carbocycles. The monoisotopic (exact) mass is 231 g/mol. The number of halogens is 1. The summed E-state index contributed by atoms with van der Waals surface area (Å²) in [6, 6.07) is 8.93. The summed E-state index contributed by atoms with van der Waals surface area (Å²) in [6.45, 7) is 2.21. The third kappa shape index (κ3) is 2.34. The Balaban J connectivity index is 2.22. The molecular weight excluding hydrogens is 213 g/mol. The van der Waals surface area contributed by atoms with E-state index in [0.29, 0.717) is 0 Å². The largest absolute Gasteiger partial charge is 0.207 e. The molecule has 17 heavy (non-hydrogen) atoms. The van der Waals surface area contributed by atoms with Gasteiger partial charge in [-0.05, 0) is 49.3 Å². The molecule has 90 valence electrons. The van der Waals surface area contributed by atoms with Crippen molar-refractivity contribution in [2.24, 2.45) is 5.92 Å². The molecule has 2 rings (SSSR count). The van der Waals surface area contributed by atoms with Gasteiger partial charge in [-0.1, -0.05) is 25.5 Å². The van der Waals surface area contributed by atoms with Crippen LogP contribution in [0, 0.1) is 23.1 Å². The van der Waals surface area contributed by atoms with E-state index in [1.165, 1.54) is 18.6 Å². The fraction of sp³-hybridized carbons (Fsp3) is 0.533. The van der Waals surface area contributed by atoms with Gasteiger partial charge >= 0.3 is 0 Å². The van der Waals surface area contributed by atoms with Crippen LogP contribution in [0.15, 0.2) is 24.3 Å². The van der Waals surface area contributed by atoms with Gasteiger partial charge in [0.25, 0.3) is 0 Å². The van der Waals surface area contributed by atoms with Crippen LogP contribution in [0.4, 0.5) is 4.39 Å². The highest BCUT2D eigenvalue weighted by Crippen LogP contribution is 2.41. The molecule has 0 heterocycles. The Bertz CT molecular complexity index is 408. The van der Waals surface area contributed by atoms with Crippen molar-refractivity contribution in [3.8, 4) is 6.07 Å². The molecule has 1 nitrogen and oxygen atoms in total. The Hall–Kier alpha value is -1.36. The first-order chi connectivity index (χ1) is 8.20. The molecule has 1 saturated carbocycles. The SMILES string of the molecule is CCC1CCC(C#N)(c2ccc(F)cc2)CC1. The standard InChI is InChI=1S/C15H18FN/c1-2-12-7-9-15(11-17,10-8-12)13-3-5-14(16)6-4-13/h3-6,12H,2,7-10H2,1H3. The van der Waals surface area contributed by atoms with E-state index in [4.69, 9.17) is 0 Å². The van der Waals surface area contributed by atoms with Crippen LogP contribution >= 0.6 is 0 Å². The van der Waals surface area contributed by atoms with Crippen LogP contribution in [0.5, 0.6) is 0 Å². The van der Waals surface area contributed by atoms with Crippen molar-refractivity contribution in [2.75, 3.05) is 0 Å². The number of hydrogen-bond donors (Lipinski definition) is 0. The normalized spacial score (nSPS) is 28.6. The number of rotatable bonds is 2. The van der Waals surface area contributed by atoms with E-state index in [9.17, 15) is 9.65 Å². The zero-order chi connectivity index (χ0) is 12.3. The van der Waals surface area contributed by atoms with Crippen molar-refractivity contribution in [1.29, 1.82) is 5.26 Å². The molecule has 1 aliphatic rings. The summed E-state index contributed by atoms with van der Waals surface area (Å²) in [5, 5.41) is 9.48. The predicted octanol–water partition coefficient (Wildman–Crippen LogP) is 4.19. The van der Waals surface area contributed by atoms with Crippen molar-refractivity contribution in [1.82, 2.24) is 0 Å². The maximum Gasteiger partial charge on any atom is 0.123 e. The van der Waals surface area contributed by atoms with Gasteiger partial charge in [-0.2, -0.15) is 5.26 Å². The molecule has 0 radical (unpaired) electrons. The minimum Gasteiger partial charge on any atom is -0.207 e. The van der Waals surface area contributed by atoms with Crippen LogP contribution in [0.25, 0.3) is 0 Å². The van der Waals surface area contributed by atoms with Crippen molar-refractivity contribution in [3.05, 3.63) is 35.6 Å². The van der Waals surface area contributed by atoms with E-state index in [-0.39, 0.29) is 11.2 Å². The third-order valence-electron chi connectivity index (χ3n) is 4.15. The van der Waals surface area contributed by atoms with Gasteiger partial charge in [0.15, 0.2) is 0 Å². The smallest absolute Gasteiger partial charge is 0.123 e. The molecule has 1 fully saturated rings. The zero-order valence-electron chi connectivity index (χ0n) is 10.2. The summed E-state index contributed by atoms with van der Waals surface area (Å²) in [6.07, 6.45) is 5.25. The summed E-state index contributed by atoms with van der Waals surface area (Å²) >= 11 is 0. The van der Waals surface area contributed by atoms with E-state index in [2.05, 4.69) is 13.0 Å². The number of nitriles is 1. The molecule has 0 aromatic heterocycles. The molecule has 2 heteroatoms. The molecular formula is C15H18FN. The van der Waals surface area contributed by atoms with E-state index in [1.807, 2.05) is 0 Å². The third-order valence-corrected chi connectivity index (χ3v) is 4.15. The Labute approximate surface area is 102 Å². The topological polar surface area (TPSA) is 23.8 Å². The molecule has 0 bridgehead atoms. The molecule has 1 aliphatic carbocycles. The fourth-order valence-electron chi connectivity index (χ4n) is 2.81. The molecule has 0 aliphatic heterocycles. The Morgan fingerprint density at radius 2 is 1.88 bits per heavy atom. The van der Waals surface area contributed by atoms with Crippen LogP contribution < -0.4 is 0 Å². The number of hydrogen-bond acceptors (Lipinski definition) is 1. The second kappa shape index (κ2) is 4.87. The average Bonchev–Trinajstić information content (AvgIpc) is 2.40. The minimum atomic E-state index is -0.376. The first-order valence-corrected chi connectivity index (χ1v) is 6.37. The van der Waals surface area contributed by atoms with Crippen molar-refractivity contribution in [3.63, 3.8) is 0 Å². The molecule has 1 aromatic rings. The average molecular weight is 231 g/mol. The van der Waals surface area contributed by atoms with Crippen LogP contribution in [0.2, 0.25) is 0 Å². The van der Waals surface area contributed by atoms with Gasteiger partial charge in [-0.25, -0.2) is 4.39 Å².